The van der Waals surface area contributed by atoms with E-state index in [4.69, 9.17) is 5.73 Å². The van der Waals surface area contributed by atoms with Crippen LogP contribution in [-0.4, -0.2) is 33.5 Å². The number of benzene rings is 1. The smallest absolute Gasteiger partial charge is 0.243 e. The standard InChI is InChI=1S/C15H24FN3O3S/c1-11(2)9-12(10-17)19-15(20)7-8-18-23(21,22)14-6-4-3-5-13(14)16/h3-6,11-12,18H,7-10,17H2,1-2H3,(H,19,20). The number of nitrogens with two attached hydrogens (primary N) is 1. The number of hydrogen-bond acceptors (Lipinski definition) is 4. The van der Waals surface area contributed by atoms with E-state index < -0.39 is 20.7 Å². The molecule has 8 heteroatoms. The Morgan fingerprint density at radius 3 is 2.52 bits per heavy atom. The van der Waals surface area contributed by atoms with Gasteiger partial charge in [-0.3, -0.25) is 4.79 Å². The van der Waals surface area contributed by atoms with Crippen molar-refractivity contribution in [3.05, 3.63) is 30.1 Å². The number of sulfonamides is 1. The quantitative estimate of drug-likeness (QED) is 0.621. The van der Waals surface area contributed by atoms with Crippen molar-refractivity contribution in [3.63, 3.8) is 0 Å². The maximum absolute atomic E-state index is 13.5. The van der Waals surface area contributed by atoms with Crippen molar-refractivity contribution < 1.29 is 17.6 Å². The van der Waals surface area contributed by atoms with E-state index in [-0.39, 0.29) is 24.9 Å². The first-order valence-corrected chi connectivity index (χ1v) is 8.98. The van der Waals surface area contributed by atoms with E-state index in [0.717, 1.165) is 12.5 Å². The summed E-state index contributed by atoms with van der Waals surface area (Å²) in [5, 5.41) is 2.76. The van der Waals surface area contributed by atoms with Crippen LogP contribution >= 0.6 is 0 Å². The Kier molecular flexibility index (Phi) is 7.60. The molecule has 0 radical (unpaired) electrons. The molecule has 1 amide bonds. The van der Waals surface area contributed by atoms with Crippen molar-refractivity contribution in [2.24, 2.45) is 11.7 Å². The van der Waals surface area contributed by atoms with E-state index in [1.54, 1.807) is 0 Å². The maximum Gasteiger partial charge on any atom is 0.243 e. The topological polar surface area (TPSA) is 101 Å². The van der Waals surface area contributed by atoms with Crippen LogP contribution in [0.3, 0.4) is 0 Å². The zero-order valence-corrected chi connectivity index (χ0v) is 14.2. The molecule has 0 bridgehead atoms. The lowest BCUT2D eigenvalue weighted by Gasteiger charge is -2.18. The maximum atomic E-state index is 13.5. The van der Waals surface area contributed by atoms with Crippen molar-refractivity contribution >= 4 is 15.9 Å². The number of hydrogen-bond donors (Lipinski definition) is 3. The van der Waals surface area contributed by atoms with Crippen molar-refractivity contribution in [3.8, 4) is 0 Å². The Morgan fingerprint density at radius 1 is 1.30 bits per heavy atom. The molecule has 0 aliphatic rings. The van der Waals surface area contributed by atoms with Gasteiger partial charge in [-0.15, -0.1) is 0 Å². The van der Waals surface area contributed by atoms with E-state index in [1.165, 1.54) is 18.2 Å². The second-order valence-corrected chi connectivity index (χ2v) is 7.44. The fraction of sp³-hybridized carbons (Fsp3) is 0.533. The van der Waals surface area contributed by atoms with Crippen LogP contribution in [0.5, 0.6) is 0 Å². The SMILES string of the molecule is CC(C)CC(CN)NC(=O)CCNS(=O)(=O)c1ccccc1F. The van der Waals surface area contributed by atoms with Crippen molar-refractivity contribution in [2.75, 3.05) is 13.1 Å². The molecule has 130 valence electrons. The molecule has 0 saturated carbocycles. The third-order valence-electron chi connectivity index (χ3n) is 3.18. The van der Waals surface area contributed by atoms with Crippen LogP contribution in [-0.2, 0) is 14.8 Å². The van der Waals surface area contributed by atoms with Crippen LogP contribution in [0.25, 0.3) is 0 Å². The van der Waals surface area contributed by atoms with Crippen molar-refractivity contribution in [1.29, 1.82) is 0 Å². The number of rotatable bonds is 9. The zero-order valence-electron chi connectivity index (χ0n) is 13.4. The molecule has 6 nitrogen and oxygen atoms in total. The molecule has 23 heavy (non-hydrogen) atoms. The molecule has 1 unspecified atom stereocenters. The summed E-state index contributed by atoms with van der Waals surface area (Å²) in [4.78, 5) is 11.4. The highest BCUT2D eigenvalue weighted by Gasteiger charge is 2.19. The molecule has 0 spiro atoms. The lowest BCUT2D eigenvalue weighted by molar-refractivity contribution is -0.121. The summed E-state index contributed by atoms with van der Waals surface area (Å²) in [6.07, 6.45) is 0.714. The van der Waals surface area contributed by atoms with Crippen LogP contribution in [0.15, 0.2) is 29.2 Å². The first kappa shape index (κ1) is 19.5. The molecule has 0 saturated heterocycles. The van der Waals surface area contributed by atoms with Gasteiger partial charge in [-0.05, 0) is 24.5 Å². The van der Waals surface area contributed by atoms with Crippen LogP contribution in [0.4, 0.5) is 4.39 Å². The highest BCUT2D eigenvalue weighted by Crippen LogP contribution is 2.12. The number of halogens is 1. The highest BCUT2D eigenvalue weighted by atomic mass is 32.2. The minimum atomic E-state index is -3.97. The first-order valence-electron chi connectivity index (χ1n) is 7.50. The number of carbonyl (C=O) groups is 1. The molecule has 0 aliphatic carbocycles. The molecule has 0 fully saturated rings. The average molecular weight is 345 g/mol. The summed E-state index contributed by atoms with van der Waals surface area (Å²) in [7, 11) is -3.97. The summed E-state index contributed by atoms with van der Waals surface area (Å²) in [5.74, 6) is -0.731. The molecule has 0 aromatic heterocycles. The Labute approximate surface area is 136 Å². The van der Waals surface area contributed by atoms with E-state index in [1.807, 2.05) is 13.8 Å². The molecule has 0 heterocycles. The lowest BCUT2D eigenvalue weighted by Crippen LogP contribution is -2.42. The van der Waals surface area contributed by atoms with E-state index in [0.29, 0.717) is 12.5 Å². The van der Waals surface area contributed by atoms with Gasteiger partial charge in [0.15, 0.2) is 0 Å². The third-order valence-corrected chi connectivity index (χ3v) is 4.67. The fourth-order valence-corrected chi connectivity index (χ4v) is 3.23. The normalized spacial score (nSPS) is 13.1. The largest absolute Gasteiger partial charge is 0.352 e. The van der Waals surface area contributed by atoms with Gasteiger partial charge in [-0.2, -0.15) is 0 Å². The number of amides is 1. The number of carbonyl (C=O) groups excluding carboxylic acids is 1. The molecule has 0 aliphatic heterocycles. The third kappa shape index (κ3) is 6.64. The fourth-order valence-electron chi connectivity index (χ4n) is 2.12. The highest BCUT2D eigenvalue weighted by molar-refractivity contribution is 7.89. The van der Waals surface area contributed by atoms with Crippen LogP contribution in [0.1, 0.15) is 26.7 Å². The molecule has 1 rings (SSSR count). The summed E-state index contributed by atoms with van der Waals surface area (Å²) in [5.41, 5.74) is 5.59. The molecular formula is C15H24FN3O3S. The van der Waals surface area contributed by atoms with Gasteiger partial charge < -0.3 is 11.1 Å². The predicted octanol–water partition coefficient (Wildman–Crippen LogP) is 0.984. The van der Waals surface area contributed by atoms with Crippen molar-refractivity contribution in [2.45, 2.75) is 37.6 Å². The Morgan fingerprint density at radius 2 is 1.96 bits per heavy atom. The molecular weight excluding hydrogens is 321 g/mol. The van der Waals surface area contributed by atoms with Gasteiger partial charge >= 0.3 is 0 Å². The Hall–Kier alpha value is -1.51. The van der Waals surface area contributed by atoms with Gasteiger partial charge in [0.25, 0.3) is 0 Å². The lowest BCUT2D eigenvalue weighted by atomic mass is 10.0. The van der Waals surface area contributed by atoms with Crippen LogP contribution in [0, 0.1) is 11.7 Å². The average Bonchev–Trinajstić information content (AvgIpc) is 2.46. The summed E-state index contributed by atoms with van der Waals surface area (Å²) >= 11 is 0. The second-order valence-electron chi connectivity index (χ2n) is 5.71. The summed E-state index contributed by atoms with van der Waals surface area (Å²) in [6, 6.07) is 4.95. The van der Waals surface area contributed by atoms with Crippen LogP contribution in [0.2, 0.25) is 0 Å². The molecule has 1 aromatic rings. The van der Waals surface area contributed by atoms with Gasteiger partial charge in [0.2, 0.25) is 15.9 Å². The van der Waals surface area contributed by atoms with Gasteiger partial charge in [0.1, 0.15) is 10.7 Å². The summed E-state index contributed by atoms with van der Waals surface area (Å²) < 4.78 is 39.6. The van der Waals surface area contributed by atoms with Gasteiger partial charge in [0, 0.05) is 25.6 Å². The van der Waals surface area contributed by atoms with E-state index in [9.17, 15) is 17.6 Å². The zero-order chi connectivity index (χ0) is 17.5. The first-order chi connectivity index (χ1) is 10.8. The molecule has 1 atom stereocenters. The number of nitrogens with one attached hydrogen (secondary N) is 2. The Bertz CT molecular complexity index is 620. The van der Waals surface area contributed by atoms with Crippen LogP contribution < -0.4 is 15.8 Å². The van der Waals surface area contributed by atoms with Gasteiger partial charge in [-0.1, -0.05) is 26.0 Å². The minimum Gasteiger partial charge on any atom is -0.352 e. The van der Waals surface area contributed by atoms with Gasteiger partial charge in [-0.25, -0.2) is 17.5 Å². The summed E-state index contributed by atoms with van der Waals surface area (Å²) in [6.45, 7) is 4.26. The van der Waals surface area contributed by atoms with Crippen molar-refractivity contribution in [1.82, 2.24) is 10.0 Å². The monoisotopic (exact) mass is 345 g/mol. The predicted molar refractivity (Wildman–Crippen MR) is 86.6 cm³/mol. The second kappa shape index (κ2) is 8.95. The van der Waals surface area contributed by atoms with E-state index >= 15 is 0 Å². The van der Waals surface area contributed by atoms with E-state index in [2.05, 4.69) is 10.0 Å². The van der Waals surface area contributed by atoms with Gasteiger partial charge in [0.05, 0.1) is 0 Å². The molecule has 1 aromatic carbocycles. The Balaban J connectivity index is 2.50. The minimum absolute atomic E-state index is 0.0394. The molecule has 4 N–H and O–H groups in total.